The summed E-state index contributed by atoms with van der Waals surface area (Å²) in [7, 11) is 4.24. The summed E-state index contributed by atoms with van der Waals surface area (Å²) in [6, 6.07) is 14.8. The molecule has 112 heavy (non-hydrogen) atoms. The molecule has 12 N–H and O–H groups in total. The number of amides is 13. The van der Waals surface area contributed by atoms with E-state index in [4.69, 9.17) is 12.3 Å². The van der Waals surface area contributed by atoms with E-state index >= 15 is 0 Å². The van der Waals surface area contributed by atoms with Crippen molar-refractivity contribution in [2.75, 3.05) is 32.8 Å². The van der Waals surface area contributed by atoms with Crippen LogP contribution < -0.4 is 63.8 Å². The molecule has 0 saturated heterocycles. The molecule has 0 fully saturated rings. The Morgan fingerprint density at radius 1 is 0.384 bits per heavy atom. The van der Waals surface area contributed by atoms with Crippen molar-refractivity contribution in [3.8, 4) is 0 Å². The van der Waals surface area contributed by atoms with Crippen molar-refractivity contribution in [2.45, 2.75) is 220 Å². The Bertz CT molecular complexity index is 3730. The van der Waals surface area contributed by atoms with Crippen LogP contribution in [0.25, 0.3) is 0 Å². The van der Waals surface area contributed by atoms with E-state index < -0.39 is 214 Å². The topological polar surface area (TPSA) is 461 Å². The fourth-order valence-corrected chi connectivity index (χ4v) is 11.6. The third-order valence-corrected chi connectivity index (χ3v) is 17.9. The maximum Gasteiger partial charge on any atom is 0.408 e. The normalized spacial score (nSPS) is 13.6. The molecule has 0 aliphatic carbocycles. The molecule has 0 bridgehead atoms. The van der Waals surface area contributed by atoms with Gasteiger partial charge in [0, 0.05) is 70.1 Å². The number of carbonyl (C=O) groups excluding carboxylic acids is 18. The lowest BCUT2D eigenvalue weighted by molar-refractivity contribution is -0.134. The van der Waals surface area contributed by atoms with Crippen LogP contribution >= 0.6 is 7.80 Å². The summed E-state index contributed by atoms with van der Waals surface area (Å²) in [5.41, 5.74) is 0.382. The van der Waals surface area contributed by atoms with E-state index in [2.05, 4.69) is 63.8 Å². The maximum atomic E-state index is 14.8. The summed E-state index contributed by atoms with van der Waals surface area (Å²) < 4.78 is 5.27. The number of ether oxygens (including phenoxy) is 1. The number of Topliss-reactive ketones (excluding diaryl/α,β-unsaturated/α-hetero) is 5. The van der Waals surface area contributed by atoms with E-state index in [1.165, 1.54) is 20.5 Å². The van der Waals surface area contributed by atoms with Gasteiger partial charge in [0.1, 0.15) is 78.6 Å². The highest BCUT2D eigenvalue weighted by Crippen LogP contribution is 2.23. The van der Waals surface area contributed by atoms with E-state index in [0.717, 1.165) is 0 Å². The van der Waals surface area contributed by atoms with E-state index in [9.17, 15) is 86.3 Å². The van der Waals surface area contributed by atoms with Crippen LogP contribution in [0.2, 0.25) is 0 Å². The lowest BCUT2D eigenvalue weighted by Gasteiger charge is -2.25. The predicted molar refractivity (Wildman–Crippen MR) is 419 cm³/mol. The number of benzene rings is 3. The molecule has 31 nitrogen and oxygen atoms in total. The van der Waals surface area contributed by atoms with E-state index in [-0.39, 0.29) is 93.0 Å². The van der Waals surface area contributed by atoms with Gasteiger partial charge in [-0.1, -0.05) is 140 Å². The molecule has 9 unspecified atom stereocenters. The van der Waals surface area contributed by atoms with Crippen LogP contribution in [0, 0.1) is 23.7 Å². The number of hydrogen-bond donors (Lipinski definition) is 12. The number of rotatable bonds is 50. The highest BCUT2D eigenvalue weighted by atomic mass is 31.1. The first-order valence-electron chi connectivity index (χ1n) is 37.6. The lowest BCUT2D eigenvalue weighted by Crippen LogP contribution is -2.58. The standard InChI is InChI=1S/C79H112BN12O19P/c1-47(2)36-60(70(102)81-43-50(7)93)88-74(106)63(39-52-22-16-13-17-23-52)86-67(99)35-32-57(96)30-33-59(73(105)92-77(109)91-65(41-54-26-20-15-21-27-54)76(108)90-61(37-48(3)4)71(103)82-44-51(8)94)87-69(101)55(42-58(97)45-84-78(110)111-79(9,10)11)28-29-56(95)31-34-66(98)85-64(40-53-24-18-14-19-25-53)75(107)89-62(38-49(5)6)72(104)83-46-68(100)112(12)80/h13-27,47-49,55,59-65H,28-46H2,1-12H3,(H,81,102)(H,82,103)(H,83,104)(H,84,110)(H,85,98)(H,86,99)(H,87,101)(H,88,106)(H,89,107)(H,90,108)(H2,91,92,105,109). The Labute approximate surface area is 657 Å². The number of alkyl carbamates (subject to hydrolysis) is 1. The van der Waals surface area contributed by atoms with Gasteiger partial charge < -0.3 is 63.2 Å². The van der Waals surface area contributed by atoms with Crippen molar-refractivity contribution >= 4 is 121 Å². The van der Waals surface area contributed by atoms with Crippen molar-refractivity contribution in [3.63, 3.8) is 0 Å². The molecule has 0 spiro atoms. The van der Waals surface area contributed by atoms with Gasteiger partial charge in [0.15, 0.2) is 11.3 Å². The fraction of sp³-hybridized carbons (Fsp3) is 0.544. The molecule has 33 heteroatoms. The minimum Gasteiger partial charge on any atom is -0.444 e. The zero-order chi connectivity index (χ0) is 83.8. The van der Waals surface area contributed by atoms with Crippen molar-refractivity contribution in [3.05, 3.63) is 108 Å². The highest BCUT2D eigenvalue weighted by molar-refractivity contribution is 7.94. The Morgan fingerprint density at radius 3 is 1.10 bits per heavy atom. The van der Waals surface area contributed by atoms with Crippen LogP contribution in [0.1, 0.15) is 170 Å². The van der Waals surface area contributed by atoms with Gasteiger partial charge in [-0.3, -0.25) is 82.0 Å². The second-order valence-electron chi connectivity index (χ2n) is 30.0. The molecule has 0 aliphatic heterocycles. The van der Waals surface area contributed by atoms with Crippen molar-refractivity contribution in [1.29, 1.82) is 0 Å². The number of urea groups is 1. The van der Waals surface area contributed by atoms with Crippen LogP contribution in [0.3, 0.4) is 0 Å². The number of carbonyl (C=O) groups is 18. The first-order valence-corrected chi connectivity index (χ1v) is 39.4. The van der Waals surface area contributed by atoms with Crippen LogP contribution in [0.15, 0.2) is 91.0 Å². The molecule has 2 radical (unpaired) electrons. The van der Waals surface area contributed by atoms with Crippen LogP contribution in [-0.4, -0.2) is 194 Å². The second kappa shape index (κ2) is 49.8. The molecule has 0 aliphatic rings. The number of nitrogens with one attached hydrogen (secondary N) is 12. The Balaban J connectivity index is 2.04. The lowest BCUT2D eigenvalue weighted by atomic mass is 9.93. The smallest absolute Gasteiger partial charge is 0.408 e. The number of imide groups is 1. The molecule has 13 amide bonds. The molecule has 0 aromatic heterocycles. The minimum atomic E-state index is -1.86. The van der Waals surface area contributed by atoms with Gasteiger partial charge in [0.25, 0.3) is 5.91 Å². The number of ketones is 5. The zero-order valence-electron chi connectivity index (χ0n) is 66.2. The average Bonchev–Trinajstić information content (AvgIpc) is 0.874. The third kappa shape index (κ3) is 40.5. The Hall–Kier alpha value is -10.4. The van der Waals surface area contributed by atoms with Gasteiger partial charge in [0.2, 0.25) is 53.2 Å². The van der Waals surface area contributed by atoms with Gasteiger partial charge in [-0.05, 0) is 108 Å². The van der Waals surface area contributed by atoms with E-state index in [1.54, 1.807) is 126 Å². The van der Waals surface area contributed by atoms with Crippen molar-refractivity contribution in [1.82, 2.24) is 63.8 Å². The van der Waals surface area contributed by atoms with Crippen molar-refractivity contribution < 1.29 is 91.0 Å². The molecule has 0 saturated carbocycles. The van der Waals surface area contributed by atoms with Crippen LogP contribution in [-0.2, 0) is 101 Å². The molecule has 9 atom stereocenters. The molecule has 3 rings (SSSR count). The molecule has 3 aromatic rings. The fourth-order valence-electron chi connectivity index (χ4n) is 11.2. The molecular weight excluding hydrogens is 1460 g/mol. The molecule has 610 valence electrons. The highest BCUT2D eigenvalue weighted by Gasteiger charge is 2.35. The first kappa shape index (κ1) is 95.8. The van der Waals surface area contributed by atoms with E-state index in [1.807, 2.05) is 27.7 Å². The number of hydrogen-bond acceptors (Lipinski definition) is 19. The van der Waals surface area contributed by atoms with Crippen molar-refractivity contribution in [2.24, 2.45) is 23.7 Å². The summed E-state index contributed by atoms with van der Waals surface area (Å²) in [6.07, 6.45) is -5.73. The summed E-state index contributed by atoms with van der Waals surface area (Å²) in [5.74, 6) is -12.9. The summed E-state index contributed by atoms with van der Waals surface area (Å²) in [5, 5.41) is 30.2. The largest absolute Gasteiger partial charge is 0.444 e. The Morgan fingerprint density at radius 2 is 0.741 bits per heavy atom. The van der Waals surface area contributed by atoms with Crippen LogP contribution in [0.5, 0.6) is 0 Å². The summed E-state index contributed by atoms with van der Waals surface area (Å²) in [6.45, 7) is 18.0. The quantitative estimate of drug-likeness (QED) is 0.0284. The third-order valence-electron chi connectivity index (χ3n) is 16.9. The molecule has 3 aromatic carbocycles. The van der Waals surface area contributed by atoms with Gasteiger partial charge >= 0.3 is 12.1 Å². The maximum absolute atomic E-state index is 14.8. The minimum absolute atomic E-state index is 0.0548. The Kier molecular flexibility index (Phi) is 42.6. The van der Waals surface area contributed by atoms with Gasteiger partial charge in [-0.2, -0.15) is 0 Å². The first-order chi connectivity index (χ1) is 52.7. The average molecular weight is 1580 g/mol. The van der Waals surface area contributed by atoms with Crippen LogP contribution in [0.4, 0.5) is 9.59 Å². The summed E-state index contributed by atoms with van der Waals surface area (Å²) >= 11 is 0. The van der Waals surface area contributed by atoms with Gasteiger partial charge in [-0.25, -0.2) is 9.59 Å². The zero-order valence-corrected chi connectivity index (χ0v) is 67.1. The molecular formula is C79H112BN12O19P. The van der Waals surface area contributed by atoms with E-state index in [0.29, 0.717) is 16.7 Å². The predicted octanol–water partition coefficient (Wildman–Crippen LogP) is 3.56. The monoisotopic (exact) mass is 1570 g/mol. The molecule has 0 heterocycles. The van der Waals surface area contributed by atoms with Gasteiger partial charge in [-0.15, -0.1) is 0 Å². The SMILES string of the molecule is [B]P(C)C(=O)CNC(=O)C(CC(C)C)NC(=O)C(Cc1ccccc1)NC(=O)CCC(=O)CCC(CC(=O)CNC(=O)OC(C)(C)C)C(=O)NC(CCC(=O)CCC(=O)NC(Cc1ccccc1)C(=O)NC(CC(C)C)C(=O)NCC(C)=O)C(=O)NC(=O)NC(Cc1ccccc1)C(=O)NC(CC(C)C)C(=O)NCC(C)=O. The summed E-state index contributed by atoms with van der Waals surface area (Å²) in [4.78, 5) is 244. The second-order valence-corrected chi connectivity index (χ2v) is 31.7. The van der Waals surface area contributed by atoms with Gasteiger partial charge in [0.05, 0.1) is 26.2 Å².